The molecule has 132 valence electrons. The van der Waals surface area contributed by atoms with Crippen molar-refractivity contribution in [3.63, 3.8) is 0 Å². The van der Waals surface area contributed by atoms with Gasteiger partial charge in [-0.15, -0.1) is 11.8 Å². The van der Waals surface area contributed by atoms with E-state index < -0.39 is 0 Å². The van der Waals surface area contributed by atoms with E-state index in [9.17, 15) is 9.59 Å². The Morgan fingerprint density at radius 2 is 1.62 bits per heavy atom. The van der Waals surface area contributed by atoms with Gasteiger partial charge in [0.25, 0.3) is 5.91 Å². The number of hydrogen-bond donors (Lipinski definition) is 0. The molecule has 0 spiro atoms. The predicted octanol–water partition coefficient (Wildman–Crippen LogP) is 2.03. The van der Waals surface area contributed by atoms with Gasteiger partial charge in [0.05, 0.1) is 6.54 Å². The number of thioether (sulfide) groups is 1. The van der Waals surface area contributed by atoms with E-state index in [0.717, 1.165) is 36.6 Å². The quantitative estimate of drug-likeness (QED) is 0.737. The Kier molecular flexibility index (Phi) is 7.12. The van der Waals surface area contributed by atoms with Crippen molar-refractivity contribution in [3.8, 4) is 0 Å². The number of piperazine rings is 1. The zero-order valence-corrected chi connectivity index (χ0v) is 15.6. The maximum atomic E-state index is 12.6. The van der Waals surface area contributed by atoms with Gasteiger partial charge in [-0.2, -0.15) is 0 Å². The molecule has 2 amide bonds. The molecule has 1 aliphatic rings. The SMILES string of the molecule is CCN(CC)C(=O)CN1CCN(C(=O)c2ccc(SC)cc2)CC1. The van der Waals surface area contributed by atoms with Crippen LogP contribution in [-0.2, 0) is 4.79 Å². The monoisotopic (exact) mass is 349 g/mol. The normalized spacial score (nSPS) is 15.4. The van der Waals surface area contributed by atoms with E-state index in [1.807, 2.05) is 54.2 Å². The standard InChI is InChI=1S/C18H27N3O2S/c1-4-20(5-2)17(22)14-19-10-12-21(13-11-19)18(23)15-6-8-16(24-3)9-7-15/h6-9H,4-5,10-14H2,1-3H3. The number of nitrogens with zero attached hydrogens (tertiary/aromatic N) is 3. The van der Waals surface area contributed by atoms with Crippen LogP contribution in [0.3, 0.4) is 0 Å². The molecule has 1 aliphatic heterocycles. The summed E-state index contributed by atoms with van der Waals surface area (Å²) in [6, 6.07) is 7.75. The Morgan fingerprint density at radius 3 is 2.12 bits per heavy atom. The van der Waals surface area contributed by atoms with Gasteiger partial charge in [-0.1, -0.05) is 0 Å². The summed E-state index contributed by atoms with van der Waals surface area (Å²) in [4.78, 5) is 31.8. The van der Waals surface area contributed by atoms with E-state index in [1.54, 1.807) is 11.8 Å². The molecule has 1 heterocycles. The molecule has 0 saturated carbocycles. The molecule has 0 radical (unpaired) electrons. The molecule has 5 nitrogen and oxygen atoms in total. The first-order valence-corrected chi connectivity index (χ1v) is 9.75. The number of carbonyl (C=O) groups is 2. The fraction of sp³-hybridized carbons (Fsp3) is 0.556. The summed E-state index contributed by atoms with van der Waals surface area (Å²) in [5.41, 5.74) is 0.737. The van der Waals surface area contributed by atoms with E-state index in [-0.39, 0.29) is 11.8 Å². The molecule has 0 aliphatic carbocycles. The van der Waals surface area contributed by atoms with Crippen LogP contribution >= 0.6 is 11.8 Å². The first kappa shape index (κ1) is 18.8. The van der Waals surface area contributed by atoms with Gasteiger partial charge < -0.3 is 9.80 Å². The summed E-state index contributed by atoms with van der Waals surface area (Å²) in [6.45, 7) is 8.80. The zero-order chi connectivity index (χ0) is 17.5. The van der Waals surface area contributed by atoms with Crippen molar-refractivity contribution >= 4 is 23.6 Å². The Hall–Kier alpha value is -1.53. The minimum atomic E-state index is 0.0809. The van der Waals surface area contributed by atoms with Crippen molar-refractivity contribution in [3.05, 3.63) is 29.8 Å². The lowest BCUT2D eigenvalue weighted by Crippen LogP contribution is -2.51. The van der Waals surface area contributed by atoms with Crippen molar-refractivity contribution in [2.24, 2.45) is 0 Å². The van der Waals surface area contributed by atoms with Gasteiger partial charge >= 0.3 is 0 Å². The minimum Gasteiger partial charge on any atom is -0.342 e. The van der Waals surface area contributed by atoms with Gasteiger partial charge in [0.1, 0.15) is 0 Å². The van der Waals surface area contributed by atoms with Crippen LogP contribution in [0.4, 0.5) is 0 Å². The molecule has 6 heteroatoms. The Labute approximate surface area is 149 Å². The Bertz CT molecular complexity index is 550. The van der Waals surface area contributed by atoms with Gasteiger partial charge in [0.2, 0.25) is 5.91 Å². The molecule has 0 unspecified atom stereocenters. The highest BCUT2D eigenvalue weighted by Crippen LogP contribution is 2.16. The summed E-state index contributed by atoms with van der Waals surface area (Å²) < 4.78 is 0. The summed E-state index contributed by atoms with van der Waals surface area (Å²) >= 11 is 1.67. The predicted molar refractivity (Wildman–Crippen MR) is 98.5 cm³/mol. The molecule has 1 aromatic carbocycles. The van der Waals surface area contributed by atoms with Crippen LogP contribution in [0.2, 0.25) is 0 Å². The first-order valence-electron chi connectivity index (χ1n) is 8.52. The maximum absolute atomic E-state index is 12.6. The number of benzene rings is 1. The smallest absolute Gasteiger partial charge is 0.253 e. The molecular formula is C18H27N3O2S. The van der Waals surface area contributed by atoms with Crippen LogP contribution < -0.4 is 0 Å². The summed E-state index contributed by atoms with van der Waals surface area (Å²) in [5.74, 6) is 0.254. The van der Waals surface area contributed by atoms with E-state index in [4.69, 9.17) is 0 Å². The fourth-order valence-electron chi connectivity index (χ4n) is 2.89. The van der Waals surface area contributed by atoms with Crippen LogP contribution in [-0.4, -0.2) is 78.6 Å². The molecule has 0 atom stereocenters. The molecule has 2 rings (SSSR count). The third kappa shape index (κ3) is 4.74. The number of likely N-dealkylation sites (N-methyl/N-ethyl adjacent to an activating group) is 1. The van der Waals surface area contributed by atoms with Crippen molar-refractivity contribution in [2.75, 3.05) is 52.1 Å². The molecule has 1 fully saturated rings. The van der Waals surface area contributed by atoms with Gasteiger partial charge in [0.15, 0.2) is 0 Å². The van der Waals surface area contributed by atoms with E-state index in [1.165, 1.54) is 0 Å². The second-order valence-corrected chi connectivity index (χ2v) is 6.74. The lowest BCUT2D eigenvalue weighted by Gasteiger charge is -2.35. The third-order valence-corrected chi connectivity index (χ3v) is 5.22. The van der Waals surface area contributed by atoms with Crippen molar-refractivity contribution in [1.82, 2.24) is 14.7 Å². The van der Waals surface area contributed by atoms with Crippen molar-refractivity contribution in [1.29, 1.82) is 0 Å². The largest absolute Gasteiger partial charge is 0.342 e. The number of amides is 2. The molecule has 0 bridgehead atoms. The lowest BCUT2D eigenvalue weighted by atomic mass is 10.2. The van der Waals surface area contributed by atoms with Gasteiger partial charge in [-0.05, 0) is 44.4 Å². The van der Waals surface area contributed by atoms with Crippen LogP contribution in [0.5, 0.6) is 0 Å². The molecule has 1 saturated heterocycles. The highest BCUT2D eigenvalue weighted by Gasteiger charge is 2.24. The van der Waals surface area contributed by atoms with E-state index >= 15 is 0 Å². The average molecular weight is 350 g/mol. The van der Waals surface area contributed by atoms with Crippen LogP contribution in [0, 0.1) is 0 Å². The first-order chi connectivity index (χ1) is 11.6. The number of hydrogen-bond acceptors (Lipinski definition) is 4. The topological polar surface area (TPSA) is 43.9 Å². The third-order valence-electron chi connectivity index (χ3n) is 4.47. The van der Waals surface area contributed by atoms with Gasteiger partial charge in [-0.3, -0.25) is 14.5 Å². The second kappa shape index (κ2) is 9.08. The summed E-state index contributed by atoms with van der Waals surface area (Å²) in [7, 11) is 0. The van der Waals surface area contributed by atoms with Gasteiger partial charge in [0, 0.05) is 49.7 Å². The lowest BCUT2D eigenvalue weighted by molar-refractivity contribution is -0.132. The summed E-state index contributed by atoms with van der Waals surface area (Å²) in [6.07, 6.45) is 2.02. The minimum absolute atomic E-state index is 0.0809. The highest BCUT2D eigenvalue weighted by atomic mass is 32.2. The number of rotatable bonds is 6. The molecule has 1 aromatic rings. The molecule has 24 heavy (non-hydrogen) atoms. The van der Waals surface area contributed by atoms with Crippen LogP contribution in [0.1, 0.15) is 24.2 Å². The molecular weight excluding hydrogens is 322 g/mol. The highest BCUT2D eigenvalue weighted by molar-refractivity contribution is 7.98. The van der Waals surface area contributed by atoms with Crippen LogP contribution in [0.25, 0.3) is 0 Å². The fourth-order valence-corrected chi connectivity index (χ4v) is 3.30. The van der Waals surface area contributed by atoms with Crippen molar-refractivity contribution in [2.45, 2.75) is 18.7 Å². The Balaban J connectivity index is 1.85. The summed E-state index contributed by atoms with van der Waals surface area (Å²) in [5, 5.41) is 0. The Morgan fingerprint density at radius 1 is 1.04 bits per heavy atom. The molecule has 0 aromatic heterocycles. The average Bonchev–Trinajstić information content (AvgIpc) is 2.63. The van der Waals surface area contributed by atoms with Crippen LogP contribution in [0.15, 0.2) is 29.2 Å². The van der Waals surface area contributed by atoms with Crippen molar-refractivity contribution < 1.29 is 9.59 Å². The second-order valence-electron chi connectivity index (χ2n) is 5.86. The molecule has 0 N–H and O–H groups in total. The van der Waals surface area contributed by atoms with E-state index in [0.29, 0.717) is 19.6 Å². The maximum Gasteiger partial charge on any atom is 0.253 e. The van der Waals surface area contributed by atoms with Gasteiger partial charge in [-0.25, -0.2) is 0 Å². The zero-order valence-electron chi connectivity index (χ0n) is 14.8. The number of carbonyl (C=O) groups excluding carboxylic acids is 2. The van der Waals surface area contributed by atoms with E-state index in [2.05, 4.69) is 4.90 Å².